The second-order valence-corrected chi connectivity index (χ2v) is 8.38. The van der Waals surface area contributed by atoms with Gasteiger partial charge in [0.05, 0.1) is 23.3 Å². The molecule has 0 aliphatic rings. The van der Waals surface area contributed by atoms with Crippen molar-refractivity contribution in [2.24, 2.45) is 0 Å². The SMILES string of the molecule is C[C@H](Nc1nccc2[nH]cnc12)c1cc2cccc(-c3cccnc3)c2c(=O)n1-c1ccccc1. The van der Waals surface area contributed by atoms with Gasteiger partial charge < -0.3 is 10.3 Å². The van der Waals surface area contributed by atoms with E-state index in [4.69, 9.17) is 0 Å². The van der Waals surface area contributed by atoms with Crippen LogP contribution in [0.3, 0.4) is 0 Å². The summed E-state index contributed by atoms with van der Waals surface area (Å²) < 4.78 is 1.78. The lowest BCUT2D eigenvalue weighted by Gasteiger charge is -2.22. The number of aromatic amines is 1. The minimum atomic E-state index is -0.232. The minimum Gasteiger partial charge on any atom is -0.360 e. The molecule has 0 aliphatic heterocycles. The van der Waals surface area contributed by atoms with Crippen LogP contribution in [0.4, 0.5) is 5.82 Å². The zero-order valence-electron chi connectivity index (χ0n) is 19.0. The Bertz CT molecular complexity index is 1710. The van der Waals surface area contributed by atoms with Gasteiger partial charge >= 0.3 is 0 Å². The number of imidazole rings is 1. The number of benzene rings is 2. The molecule has 0 amide bonds. The van der Waals surface area contributed by atoms with E-state index in [9.17, 15) is 4.79 Å². The van der Waals surface area contributed by atoms with Crippen molar-refractivity contribution < 1.29 is 0 Å². The first kappa shape index (κ1) is 20.8. The molecular weight excluding hydrogens is 436 g/mol. The molecule has 2 aromatic carbocycles. The molecular formula is C28H22N6O. The van der Waals surface area contributed by atoms with Crippen molar-refractivity contribution in [1.82, 2.24) is 24.5 Å². The van der Waals surface area contributed by atoms with E-state index in [1.54, 1.807) is 29.5 Å². The van der Waals surface area contributed by atoms with Gasteiger partial charge in [-0.25, -0.2) is 9.97 Å². The Balaban J connectivity index is 1.58. The number of hydrogen-bond acceptors (Lipinski definition) is 5. The molecule has 0 radical (unpaired) electrons. The average molecular weight is 459 g/mol. The highest BCUT2D eigenvalue weighted by Gasteiger charge is 2.19. The van der Waals surface area contributed by atoms with Crippen molar-refractivity contribution in [3.8, 4) is 16.8 Å². The van der Waals surface area contributed by atoms with E-state index < -0.39 is 0 Å². The smallest absolute Gasteiger partial charge is 0.263 e. The van der Waals surface area contributed by atoms with Crippen molar-refractivity contribution in [2.45, 2.75) is 13.0 Å². The third kappa shape index (κ3) is 3.63. The Kier molecular flexibility index (Phi) is 5.07. The zero-order valence-corrected chi connectivity index (χ0v) is 19.0. The number of fused-ring (bicyclic) bond motifs is 2. The van der Waals surface area contributed by atoms with Crippen LogP contribution >= 0.6 is 0 Å². The van der Waals surface area contributed by atoms with E-state index >= 15 is 0 Å². The van der Waals surface area contributed by atoms with Gasteiger partial charge in [0, 0.05) is 35.5 Å². The van der Waals surface area contributed by atoms with Gasteiger partial charge in [-0.15, -0.1) is 0 Å². The highest BCUT2D eigenvalue weighted by molar-refractivity contribution is 5.96. The highest BCUT2D eigenvalue weighted by Crippen LogP contribution is 2.30. The van der Waals surface area contributed by atoms with Crippen molar-refractivity contribution >= 4 is 27.6 Å². The number of nitrogens with one attached hydrogen (secondary N) is 2. The van der Waals surface area contributed by atoms with Gasteiger partial charge in [0.2, 0.25) is 0 Å². The number of aromatic nitrogens is 5. The number of nitrogens with zero attached hydrogens (tertiary/aromatic N) is 4. The maximum atomic E-state index is 14.2. The average Bonchev–Trinajstić information content (AvgIpc) is 3.39. The summed E-state index contributed by atoms with van der Waals surface area (Å²) in [4.78, 5) is 30.4. The molecule has 0 spiro atoms. The van der Waals surface area contributed by atoms with Gasteiger partial charge in [-0.2, -0.15) is 0 Å². The Morgan fingerprint density at radius 1 is 0.943 bits per heavy atom. The van der Waals surface area contributed by atoms with Gasteiger partial charge in [-0.1, -0.05) is 42.5 Å². The first-order valence-electron chi connectivity index (χ1n) is 11.4. The quantitative estimate of drug-likeness (QED) is 0.356. The van der Waals surface area contributed by atoms with E-state index in [2.05, 4.69) is 31.3 Å². The number of H-pyrrole nitrogens is 1. The molecule has 6 aromatic rings. The summed E-state index contributed by atoms with van der Waals surface area (Å²) in [5, 5.41) is 5.01. The molecule has 7 heteroatoms. The van der Waals surface area contributed by atoms with Crippen LogP contribution in [0.5, 0.6) is 0 Å². The second-order valence-electron chi connectivity index (χ2n) is 8.38. The highest BCUT2D eigenvalue weighted by atomic mass is 16.1. The molecule has 170 valence electrons. The first-order chi connectivity index (χ1) is 17.2. The van der Waals surface area contributed by atoms with Crippen molar-refractivity contribution in [3.63, 3.8) is 0 Å². The number of para-hydroxylation sites is 1. The van der Waals surface area contributed by atoms with Crippen LogP contribution in [0.25, 0.3) is 38.6 Å². The summed E-state index contributed by atoms with van der Waals surface area (Å²) in [5.41, 5.74) is 4.97. The van der Waals surface area contributed by atoms with Gasteiger partial charge in [0.25, 0.3) is 5.56 Å². The summed E-state index contributed by atoms with van der Waals surface area (Å²) in [7, 11) is 0. The van der Waals surface area contributed by atoms with E-state index in [-0.39, 0.29) is 11.6 Å². The summed E-state index contributed by atoms with van der Waals surface area (Å²) in [6.45, 7) is 2.03. The number of pyridine rings is 3. The van der Waals surface area contributed by atoms with Crippen molar-refractivity contribution in [3.05, 3.63) is 114 Å². The molecule has 0 unspecified atom stereocenters. The lowest BCUT2D eigenvalue weighted by atomic mass is 9.99. The molecule has 0 bridgehead atoms. The Labute approximate surface area is 201 Å². The van der Waals surface area contributed by atoms with Crippen LogP contribution in [0.15, 0.2) is 103 Å². The van der Waals surface area contributed by atoms with Gasteiger partial charge in [0.15, 0.2) is 5.82 Å². The van der Waals surface area contributed by atoms with Crippen LogP contribution in [0.1, 0.15) is 18.7 Å². The molecule has 0 saturated heterocycles. The summed E-state index contributed by atoms with van der Waals surface area (Å²) in [6.07, 6.45) is 6.91. The Morgan fingerprint density at radius 3 is 2.66 bits per heavy atom. The van der Waals surface area contributed by atoms with Gasteiger partial charge in [-0.05, 0) is 48.2 Å². The summed E-state index contributed by atoms with van der Waals surface area (Å²) in [6, 6.07) is 23.2. The van der Waals surface area contributed by atoms with Crippen LogP contribution in [-0.4, -0.2) is 24.5 Å². The van der Waals surface area contributed by atoms with Crippen LogP contribution in [0, 0.1) is 0 Å². The number of hydrogen-bond donors (Lipinski definition) is 2. The van der Waals surface area contributed by atoms with Crippen LogP contribution in [-0.2, 0) is 0 Å². The fourth-order valence-corrected chi connectivity index (χ4v) is 4.56. The largest absolute Gasteiger partial charge is 0.360 e. The van der Waals surface area contributed by atoms with Crippen molar-refractivity contribution in [2.75, 3.05) is 5.32 Å². The number of rotatable bonds is 5. The second kappa shape index (κ2) is 8.53. The monoisotopic (exact) mass is 458 g/mol. The van der Waals surface area contributed by atoms with E-state index in [1.807, 2.05) is 73.7 Å². The Hall–Kier alpha value is -4.78. The van der Waals surface area contributed by atoms with Gasteiger partial charge in [0.1, 0.15) is 5.52 Å². The molecule has 0 aliphatic carbocycles. The lowest BCUT2D eigenvalue weighted by molar-refractivity contribution is 0.774. The lowest BCUT2D eigenvalue weighted by Crippen LogP contribution is -2.26. The third-order valence-corrected chi connectivity index (χ3v) is 6.20. The maximum Gasteiger partial charge on any atom is 0.263 e. The fourth-order valence-electron chi connectivity index (χ4n) is 4.56. The van der Waals surface area contributed by atoms with E-state index in [0.29, 0.717) is 11.2 Å². The molecule has 0 saturated carbocycles. The van der Waals surface area contributed by atoms with Crippen molar-refractivity contribution in [1.29, 1.82) is 0 Å². The molecule has 1 atom stereocenters. The minimum absolute atomic E-state index is 0.0808. The van der Waals surface area contributed by atoms with Crippen LogP contribution in [0.2, 0.25) is 0 Å². The topological polar surface area (TPSA) is 88.5 Å². The normalized spacial score (nSPS) is 12.1. The third-order valence-electron chi connectivity index (χ3n) is 6.20. The molecule has 2 N–H and O–H groups in total. The maximum absolute atomic E-state index is 14.2. The predicted molar refractivity (Wildman–Crippen MR) is 139 cm³/mol. The molecule has 6 rings (SSSR count). The fraction of sp³-hybridized carbons (Fsp3) is 0.0714. The standard InChI is InChI=1S/C28H22N6O/c1-18(33-27-26-23(12-14-30-27)31-17-32-26)24-15-19-7-5-11-22(20-8-6-13-29-16-20)25(19)28(35)34(24)21-9-3-2-4-10-21/h2-18H,1H3,(H,30,33)(H,31,32)/t18-/m0/s1. The van der Waals surface area contributed by atoms with Gasteiger partial charge in [-0.3, -0.25) is 14.3 Å². The molecule has 7 nitrogen and oxygen atoms in total. The molecule has 4 aromatic heterocycles. The summed E-state index contributed by atoms with van der Waals surface area (Å²) in [5.74, 6) is 0.660. The molecule has 4 heterocycles. The predicted octanol–water partition coefficient (Wildman–Crippen LogP) is 5.50. The number of anilines is 1. The van der Waals surface area contributed by atoms with E-state index in [0.717, 1.165) is 38.9 Å². The van der Waals surface area contributed by atoms with Crippen LogP contribution < -0.4 is 10.9 Å². The molecule has 35 heavy (non-hydrogen) atoms. The summed E-state index contributed by atoms with van der Waals surface area (Å²) >= 11 is 0. The first-order valence-corrected chi connectivity index (χ1v) is 11.4. The Morgan fingerprint density at radius 2 is 1.83 bits per heavy atom. The zero-order chi connectivity index (χ0) is 23.8. The van der Waals surface area contributed by atoms with E-state index in [1.165, 1.54) is 0 Å². The molecule has 0 fully saturated rings.